The lowest BCUT2D eigenvalue weighted by molar-refractivity contribution is 0.392. The number of hydrogen-bond acceptors (Lipinski definition) is 6. The highest BCUT2D eigenvalue weighted by molar-refractivity contribution is 5.59. The van der Waals surface area contributed by atoms with Crippen molar-refractivity contribution in [1.82, 2.24) is 10.1 Å². The molecule has 1 atom stereocenters. The van der Waals surface area contributed by atoms with Crippen molar-refractivity contribution >= 4 is 0 Å². The fraction of sp³-hybridized carbons (Fsp3) is 0.429. The van der Waals surface area contributed by atoms with Gasteiger partial charge in [0.25, 0.3) is 5.89 Å². The zero-order valence-electron chi connectivity index (χ0n) is 11.9. The molecule has 0 aliphatic heterocycles. The van der Waals surface area contributed by atoms with E-state index in [9.17, 15) is 0 Å². The number of methoxy groups -OCH3 is 2. The van der Waals surface area contributed by atoms with E-state index in [1.807, 2.05) is 12.1 Å². The van der Waals surface area contributed by atoms with Crippen LogP contribution in [0.5, 0.6) is 11.5 Å². The largest absolute Gasteiger partial charge is 0.497 e. The number of rotatable bonds is 6. The molecule has 0 fully saturated rings. The zero-order chi connectivity index (χ0) is 14.5. The Labute approximate surface area is 117 Å². The summed E-state index contributed by atoms with van der Waals surface area (Å²) in [5.74, 6) is 2.25. The molecule has 0 radical (unpaired) electrons. The Morgan fingerprint density at radius 1 is 1.20 bits per heavy atom. The van der Waals surface area contributed by atoms with E-state index in [-0.39, 0.29) is 6.04 Å². The lowest BCUT2D eigenvalue weighted by Gasteiger charge is -2.05. The van der Waals surface area contributed by atoms with Gasteiger partial charge in [-0.2, -0.15) is 4.98 Å². The number of benzene rings is 1. The molecule has 2 rings (SSSR count). The van der Waals surface area contributed by atoms with Gasteiger partial charge in [-0.25, -0.2) is 0 Å². The highest BCUT2D eigenvalue weighted by Crippen LogP contribution is 2.29. The summed E-state index contributed by atoms with van der Waals surface area (Å²) in [6, 6.07) is 5.20. The zero-order valence-corrected chi connectivity index (χ0v) is 11.9. The van der Waals surface area contributed by atoms with Crippen LogP contribution >= 0.6 is 0 Å². The monoisotopic (exact) mass is 277 g/mol. The number of nitrogens with zero attached hydrogens (tertiary/aromatic N) is 2. The topological polar surface area (TPSA) is 83.4 Å². The molecule has 0 aliphatic carbocycles. The molecule has 6 heteroatoms. The normalized spacial score (nSPS) is 12.2. The van der Waals surface area contributed by atoms with E-state index in [1.54, 1.807) is 20.3 Å². The number of nitrogens with two attached hydrogens (primary N) is 1. The van der Waals surface area contributed by atoms with Gasteiger partial charge in [0.05, 0.1) is 20.3 Å². The lowest BCUT2D eigenvalue weighted by Crippen LogP contribution is -2.11. The van der Waals surface area contributed by atoms with Crippen molar-refractivity contribution in [2.75, 3.05) is 14.2 Å². The van der Waals surface area contributed by atoms with Crippen LogP contribution in [-0.4, -0.2) is 24.4 Å². The average Bonchev–Trinajstić information content (AvgIpc) is 2.97. The number of hydrogen-bond donors (Lipinski definition) is 1. The maximum atomic E-state index is 5.97. The lowest BCUT2D eigenvalue weighted by atomic mass is 10.1. The van der Waals surface area contributed by atoms with Crippen molar-refractivity contribution in [2.45, 2.75) is 25.8 Å². The van der Waals surface area contributed by atoms with Crippen molar-refractivity contribution < 1.29 is 14.0 Å². The van der Waals surface area contributed by atoms with E-state index in [1.165, 1.54) is 0 Å². The molecule has 0 bridgehead atoms. The van der Waals surface area contributed by atoms with E-state index in [0.29, 0.717) is 23.2 Å². The first-order valence-electron chi connectivity index (χ1n) is 6.50. The molecule has 2 N–H and O–H groups in total. The van der Waals surface area contributed by atoms with E-state index >= 15 is 0 Å². The van der Waals surface area contributed by atoms with Crippen LogP contribution in [0.4, 0.5) is 0 Å². The van der Waals surface area contributed by atoms with Gasteiger partial charge >= 0.3 is 0 Å². The van der Waals surface area contributed by atoms with Crippen LogP contribution in [0.25, 0.3) is 11.5 Å². The quantitative estimate of drug-likeness (QED) is 0.873. The predicted molar refractivity (Wildman–Crippen MR) is 74.7 cm³/mol. The summed E-state index contributed by atoms with van der Waals surface area (Å²) in [7, 11) is 3.18. The van der Waals surface area contributed by atoms with Crippen molar-refractivity contribution in [3.63, 3.8) is 0 Å². The summed E-state index contributed by atoms with van der Waals surface area (Å²) in [5, 5.41) is 3.93. The molecule has 0 saturated heterocycles. The highest BCUT2D eigenvalue weighted by atomic mass is 16.5. The van der Waals surface area contributed by atoms with Crippen molar-refractivity contribution in [2.24, 2.45) is 5.73 Å². The second kappa shape index (κ2) is 6.38. The van der Waals surface area contributed by atoms with Crippen molar-refractivity contribution in [3.8, 4) is 23.0 Å². The Bertz CT molecular complexity index is 546. The van der Waals surface area contributed by atoms with Gasteiger partial charge in [0.15, 0.2) is 5.82 Å². The third kappa shape index (κ3) is 3.08. The van der Waals surface area contributed by atoms with E-state index < -0.39 is 0 Å². The molecule has 0 spiro atoms. The molecule has 1 aromatic heterocycles. The summed E-state index contributed by atoms with van der Waals surface area (Å²) in [5.41, 5.74) is 6.71. The molecule has 1 heterocycles. The first kappa shape index (κ1) is 14.3. The number of ether oxygens (including phenoxy) is 2. The first-order chi connectivity index (χ1) is 9.67. The third-order valence-electron chi connectivity index (χ3n) is 2.97. The van der Waals surface area contributed by atoms with Gasteiger partial charge in [-0.1, -0.05) is 18.5 Å². The maximum Gasteiger partial charge on any atom is 0.258 e. The molecule has 0 saturated carbocycles. The summed E-state index contributed by atoms with van der Waals surface area (Å²) in [4.78, 5) is 4.34. The Morgan fingerprint density at radius 2 is 1.85 bits per heavy atom. The first-order valence-corrected chi connectivity index (χ1v) is 6.50. The van der Waals surface area contributed by atoms with Gasteiger partial charge in [-0.15, -0.1) is 0 Å². The van der Waals surface area contributed by atoms with Gasteiger partial charge in [0.2, 0.25) is 0 Å². The van der Waals surface area contributed by atoms with Crippen molar-refractivity contribution in [3.05, 3.63) is 24.0 Å². The molecule has 0 amide bonds. The number of aromatic nitrogens is 2. The van der Waals surface area contributed by atoms with Crippen LogP contribution in [0.2, 0.25) is 0 Å². The van der Waals surface area contributed by atoms with Crippen LogP contribution in [0.1, 0.15) is 31.6 Å². The molecule has 0 aliphatic rings. The Morgan fingerprint density at radius 3 is 2.40 bits per heavy atom. The molecule has 20 heavy (non-hydrogen) atoms. The fourth-order valence-electron chi connectivity index (χ4n) is 1.87. The molecule has 1 unspecified atom stereocenters. The van der Waals surface area contributed by atoms with Gasteiger partial charge in [0.1, 0.15) is 11.5 Å². The molecular weight excluding hydrogens is 258 g/mol. The summed E-state index contributed by atoms with van der Waals surface area (Å²) < 4.78 is 15.7. The molecule has 6 nitrogen and oxygen atoms in total. The molecule has 2 aromatic rings. The van der Waals surface area contributed by atoms with Crippen LogP contribution < -0.4 is 15.2 Å². The van der Waals surface area contributed by atoms with Gasteiger partial charge < -0.3 is 19.7 Å². The van der Waals surface area contributed by atoms with Crippen LogP contribution in [-0.2, 0) is 0 Å². The van der Waals surface area contributed by atoms with E-state index in [2.05, 4.69) is 17.1 Å². The molecular formula is C14H19N3O3. The average molecular weight is 277 g/mol. The Balaban J connectivity index is 2.31. The predicted octanol–water partition coefficient (Wildman–Crippen LogP) is 2.55. The van der Waals surface area contributed by atoms with Gasteiger partial charge in [0, 0.05) is 11.6 Å². The van der Waals surface area contributed by atoms with Gasteiger partial charge in [-0.05, 0) is 18.6 Å². The maximum absolute atomic E-state index is 5.97. The summed E-state index contributed by atoms with van der Waals surface area (Å²) in [6.45, 7) is 2.06. The van der Waals surface area contributed by atoms with Crippen molar-refractivity contribution in [1.29, 1.82) is 0 Å². The van der Waals surface area contributed by atoms with Crippen LogP contribution in [0.15, 0.2) is 22.7 Å². The second-order valence-corrected chi connectivity index (χ2v) is 4.45. The smallest absolute Gasteiger partial charge is 0.258 e. The minimum Gasteiger partial charge on any atom is -0.497 e. The fourth-order valence-corrected chi connectivity index (χ4v) is 1.87. The van der Waals surface area contributed by atoms with Gasteiger partial charge in [-0.3, -0.25) is 0 Å². The van der Waals surface area contributed by atoms with E-state index in [4.69, 9.17) is 19.7 Å². The molecule has 1 aromatic carbocycles. The Kier molecular flexibility index (Phi) is 4.57. The molecule has 108 valence electrons. The minimum atomic E-state index is -0.204. The summed E-state index contributed by atoms with van der Waals surface area (Å²) in [6.07, 6.45) is 1.79. The summed E-state index contributed by atoms with van der Waals surface area (Å²) >= 11 is 0. The minimum absolute atomic E-state index is 0.204. The van der Waals surface area contributed by atoms with Crippen LogP contribution in [0, 0.1) is 0 Å². The highest BCUT2D eigenvalue weighted by Gasteiger charge is 2.15. The SMILES string of the molecule is CCCC(N)c1noc(-c2cc(OC)cc(OC)c2)n1. The third-order valence-corrected chi connectivity index (χ3v) is 2.97. The van der Waals surface area contributed by atoms with Crippen LogP contribution in [0.3, 0.4) is 0 Å². The standard InChI is InChI=1S/C14H19N3O3/c1-4-5-12(15)13-16-14(20-17-13)9-6-10(18-2)8-11(7-9)19-3/h6-8,12H,4-5,15H2,1-3H3. The Hall–Kier alpha value is -2.08. The van der Waals surface area contributed by atoms with E-state index in [0.717, 1.165) is 18.4 Å². The second-order valence-electron chi connectivity index (χ2n) is 4.45.